The second-order valence-corrected chi connectivity index (χ2v) is 18.5. The van der Waals surface area contributed by atoms with Crippen LogP contribution < -0.4 is 15.4 Å². The van der Waals surface area contributed by atoms with Crippen LogP contribution in [0.25, 0.3) is 11.1 Å². The zero-order valence-electron chi connectivity index (χ0n) is 29.3. The monoisotopic (exact) mass is 741 g/mol. The number of nitrogens with zero attached hydrogens (tertiary/aromatic N) is 1. The van der Waals surface area contributed by atoms with E-state index in [9.17, 15) is 27.0 Å². The van der Waals surface area contributed by atoms with E-state index < -0.39 is 42.9 Å². The van der Waals surface area contributed by atoms with Crippen molar-refractivity contribution in [1.29, 1.82) is 0 Å². The van der Waals surface area contributed by atoms with Gasteiger partial charge in [0.15, 0.2) is 9.84 Å². The normalized spacial score (nSPS) is 20.7. The van der Waals surface area contributed by atoms with Gasteiger partial charge in [-0.15, -0.1) is 0 Å². The molecule has 51 heavy (non-hydrogen) atoms. The maximum atomic E-state index is 13.7. The molecule has 3 aromatic rings. The van der Waals surface area contributed by atoms with E-state index in [0.29, 0.717) is 57.6 Å². The molecule has 3 aliphatic rings. The summed E-state index contributed by atoms with van der Waals surface area (Å²) in [5.74, 6) is 0.334. The van der Waals surface area contributed by atoms with E-state index in [1.54, 1.807) is 34.6 Å². The maximum Gasteiger partial charge on any atom is 0.243 e. The number of piperidine rings is 1. The van der Waals surface area contributed by atoms with Gasteiger partial charge in [-0.05, 0) is 92.1 Å². The third kappa shape index (κ3) is 8.68. The van der Waals surface area contributed by atoms with Gasteiger partial charge in [0.1, 0.15) is 18.5 Å². The summed E-state index contributed by atoms with van der Waals surface area (Å²) in [4.78, 5) is 0.390. The molecule has 4 N–H and O–H groups in total. The minimum absolute atomic E-state index is 0.000294. The highest BCUT2D eigenvalue weighted by Crippen LogP contribution is 2.46. The molecule has 0 bridgehead atoms. The van der Waals surface area contributed by atoms with Gasteiger partial charge in [0, 0.05) is 32.2 Å². The van der Waals surface area contributed by atoms with Crippen molar-refractivity contribution in [2.45, 2.75) is 90.7 Å². The number of sulfonamides is 1. The van der Waals surface area contributed by atoms with E-state index in [-0.39, 0.29) is 29.0 Å². The molecule has 13 heteroatoms. The van der Waals surface area contributed by atoms with Crippen LogP contribution in [-0.2, 0) is 31.1 Å². The summed E-state index contributed by atoms with van der Waals surface area (Å²) in [6.45, 7) is 4.98. The first-order valence-corrected chi connectivity index (χ1v) is 21.0. The van der Waals surface area contributed by atoms with Crippen molar-refractivity contribution < 1.29 is 36.5 Å². The van der Waals surface area contributed by atoms with Gasteiger partial charge in [0.05, 0.1) is 33.4 Å². The number of unbranched alkanes of at least 4 members (excludes halogenated alkanes) is 1. The molecule has 3 aromatic carbocycles. The Labute approximate surface area is 302 Å². The number of rotatable bonds is 17. The van der Waals surface area contributed by atoms with Crippen LogP contribution in [0.4, 0.5) is 0 Å². The van der Waals surface area contributed by atoms with Crippen LogP contribution in [0.15, 0.2) is 82.6 Å². The average Bonchev–Trinajstić information content (AvgIpc) is 3.88. The van der Waals surface area contributed by atoms with E-state index in [2.05, 4.69) is 29.7 Å². The zero-order chi connectivity index (χ0) is 36.1. The molecular formula is C38H51N3O8S2. The second-order valence-electron chi connectivity index (χ2n) is 14.2. The first-order chi connectivity index (χ1) is 24.5. The maximum absolute atomic E-state index is 13.7. The molecule has 0 aromatic heterocycles. The average molecular weight is 742 g/mol. The van der Waals surface area contributed by atoms with Gasteiger partial charge in [-0.1, -0.05) is 55.8 Å². The Morgan fingerprint density at radius 2 is 1.67 bits per heavy atom. The van der Waals surface area contributed by atoms with E-state index in [0.717, 1.165) is 37.1 Å². The largest absolute Gasteiger partial charge is 0.491 e. The Morgan fingerprint density at radius 3 is 2.37 bits per heavy atom. The summed E-state index contributed by atoms with van der Waals surface area (Å²) in [6.07, 6.45) is 4.21. The molecule has 11 nitrogen and oxygen atoms in total. The van der Waals surface area contributed by atoms with Gasteiger partial charge in [0.2, 0.25) is 10.0 Å². The molecule has 278 valence electrons. The number of nitrogens with one attached hydrogen (secondary N) is 2. The third-order valence-electron chi connectivity index (χ3n) is 10.5. The van der Waals surface area contributed by atoms with E-state index in [1.807, 2.05) is 18.2 Å². The lowest BCUT2D eigenvalue weighted by Gasteiger charge is -2.38. The number of aliphatic hydroxyl groups is 2. The van der Waals surface area contributed by atoms with Gasteiger partial charge in [-0.3, -0.25) is 0 Å². The number of aliphatic hydroxyl groups excluding tert-OH is 2. The molecule has 2 aliphatic heterocycles. The van der Waals surface area contributed by atoms with Gasteiger partial charge < -0.3 is 30.3 Å². The van der Waals surface area contributed by atoms with Crippen molar-refractivity contribution >= 4 is 19.9 Å². The molecule has 2 saturated heterocycles. The van der Waals surface area contributed by atoms with E-state index in [4.69, 9.17) is 9.47 Å². The molecule has 1 spiro atoms. The van der Waals surface area contributed by atoms with Crippen LogP contribution in [0, 0.1) is 0 Å². The Balaban J connectivity index is 0.960. The zero-order valence-corrected chi connectivity index (χ0v) is 30.9. The van der Waals surface area contributed by atoms with Crippen LogP contribution in [0.1, 0.15) is 57.4 Å². The highest BCUT2D eigenvalue weighted by Gasteiger charge is 2.54. The summed E-state index contributed by atoms with van der Waals surface area (Å²) >= 11 is 0. The highest BCUT2D eigenvalue weighted by atomic mass is 32.2. The lowest BCUT2D eigenvalue weighted by molar-refractivity contribution is -0.0312. The fourth-order valence-corrected chi connectivity index (χ4v) is 10.3. The SMILES string of the molecule is CCCCNCc1ccc(-c2cccc(S(=O)(=O)N3CCC4(CC3)C[C@H](NC[C@H](O)COc3cccc(S(=O)(=O)C5(CO)CC5)c3)CO4)c2)cc1. The van der Waals surface area contributed by atoms with Crippen molar-refractivity contribution in [2.24, 2.45) is 0 Å². The van der Waals surface area contributed by atoms with Crippen LogP contribution in [0.3, 0.4) is 0 Å². The van der Waals surface area contributed by atoms with Gasteiger partial charge >= 0.3 is 0 Å². The number of hydrogen-bond acceptors (Lipinski definition) is 10. The third-order valence-corrected chi connectivity index (χ3v) is 15.0. The Morgan fingerprint density at radius 1 is 0.941 bits per heavy atom. The van der Waals surface area contributed by atoms with Crippen molar-refractivity contribution in [2.75, 3.05) is 46.0 Å². The van der Waals surface area contributed by atoms with Crippen molar-refractivity contribution in [3.63, 3.8) is 0 Å². The van der Waals surface area contributed by atoms with Crippen molar-refractivity contribution in [1.82, 2.24) is 14.9 Å². The fourth-order valence-electron chi connectivity index (χ4n) is 6.98. The van der Waals surface area contributed by atoms with Crippen LogP contribution >= 0.6 is 0 Å². The first-order valence-electron chi connectivity index (χ1n) is 18.0. The Hall–Kier alpha value is -2.88. The van der Waals surface area contributed by atoms with Gasteiger partial charge in [-0.2, -0.15) is 4.31 Å². The van der Waals surface area contributed by atoms with E-state index >= 15 is 0 Å². The number of hydrogen-bond donors (Lipinski definition) is 4. The summed E-state index contributed by atoms with van der Waals surface area (Å²) in [7, 11) is -7.36. The number of sulfone groups is 1. The summed E-state index contributed by atoms with van der Waals surface area (Å²) in [5.41, 5.74) is 2.61. The molecule has 6 rings (SSSR count). The fraction of sp³-hybridized carbons (Fsp3) is 0.526. The van der Waals surface area contributed by atoms with Gasteiger partial charge in [-0.25, -0.2) is 16.8 Å². The summed E-state index contributed by atoms with van der Waals surface area (Å²) in [6, 6.07) is 21.6. The standard InChI is InChI=1S/C38H51N3O8S2/c1-2-3-18-39-24-29-10-12-30(13-11-29)31-6-4-9-36(21-31)51(46,47)41-19-16-37(17-20-41)23-32(26-49-37)40-25-33(43)27-48-34-7-5-8-35(22-34)50(44,45)38(28-42)14-15-38/h4-13,21-22,32-33,39-40,42-43H,2-3,14-20,23-28H2,1H3/t32-,33-/m0/s1. The predicted molar refractivity (Wildman–Crippen MR) is 196 cm³/mol. The summed E-state index contributed by atoms with van der Waals surface area (Å²) < 4.78 is 65.7. The van der Waals surface area contributed by atoms with Crippen LogP contribution in [0.5, 0.6) is 5.75 Å². The quantitative estimate of drug-likeness (QED) is 0.150. The molecule has 0 amide bonds. The minimum atomic E-state index is -3.68. The number of ether oxygens (including phenoxy) is 2. The topological polar surface area (TPSA) is 154 Å². The van der Waals surface area contributed by atoms with Crippen LogP contribution in [0.2, 0.25) is 0 Å². The minimum Gasteiger partial charge on any atom is -0.491 e. The van der Waals surface area contributed by atoms with Crippen molar-refractivity contribution in [3.8, 4) is 16.9 Å². The first kappa shape index (κ1) is 37.9. The highest BCUT2D eigenvalue weighted by molar-refractivity contribution is 7.93. The number of benzene rings is 3. The van der Waals surface area contributed by atoms with Crippen LogP contribution in [-0.4, -0.2) is 99.8 Å². The Bertz CT molecular complexity index is 1840. The smallest absolute Gasteiger partial charge is 0.243 e. The molecule has 0 radical (unpaired) electrons. The molecule has 1 aliphatic carbocycles. The van der Waals surface area contributed by atoms with E-state index in [1.165, 1.54) is 17.7 Å². The van der Waals surface area contributed by atoms with Gasteiger partial charge in [0.25, 0.3) is 0 Å². The molecule has 2 heterocycles. The summed E-state index contributed by atoms with van der Waals surface area (Å²) in [5, 5.41) is 27.0. The lowest BCUT2D eigenvalue weighted by Crippen LogP contribution is -2.47. The lowest BCUT2D eigenvalue weighted by atomic mass is 9.88. The molecular weight excluding hydrogens is 691 g/mol. The molecule has 1 saturated carbocycles. The predicted octanol–water partition coefficient (Wildman–Crippen LogP) is 3.88. The Kier molecular flexibility index (Phi) is 11.9. The molecule has 3 fully saturated rings. The van der Waals surface area contributed by atoms with Crippen molar-refractivity contribution in [3.05, 3.63) is 78.4 Å². The second kappa shape index (κ2) is 16.0. The molecule has 0 unspecified atom stereocenters. The molecule has 2 atom stereocenters.